The molecule has 1 unspecified atom stereocenters. The molecule has 0 aliphatic heterocycles. The number of carbonyl (C=O) groups is 1. The SMILES string of the molecule is COCCNCC(=O)NC(C)Cc1ccc(Cl)cc1. The third-order valence-electron chi connectivity index (χ3n) is 2.63. The van der Waals surface area contributed by atoms with Gasteiger partial charge in [-0.2, -0.15) is 0 Å². The maximum Gasteiger partial charge on any atom is 0.234 e. The molecule has 5 heteroatoms. The van der Waals surface area contributed by atoms with Crippen LogP contribution in [-0.2, 0) is 16.0 Å². The summed E-state index contributed by atoms with van der Waals surface area (Å²) in [7, 11) is 1.63. The Kier molecular flexibility index (Phi) is 7.48. The van der Waals surface area contributed by atoms with Crippen molar-refractivity contribution in [2.24, 2.45) is 0 Å². The first kappa shape index (κ1) is 16.0. The highest BCUT2D eigenvalue weighted by atomic mass is 35.5. The van der Waals surface area contributed by atoms with Crippen LogP contribution in [0, 0.1) is 0 Å². The highest BCUT2D eigenvalue weighted by molar-refractivity contribution is 6.30. The molecular weight excluding hydrogens is 264 g/mol. The second-order valence-electron chi connectivity index (χ2n) is 4.47. The highest BCUT2D eigenvalue weighted by Gasteiger charge is 2.07. The summed E-state index contributed by atoms with van der Waals surface area (Å²) in [5.41, 5.74) is 1.16. The van der Waals surface area contributed by atoms with Crippen molar-refractivity contribution in [3.05, 3.63) is 34.9 Å². The van der Waals surface area contributed by atoms with Crippen LogP contribution < -0.4 is 10.6 Å². The fourth-order valence-corrected chi connectivity index (χ4v) is 1.85. The van der Waals surface area contributed by atoms with Gasteiger partial charge in [0.05, 0.1) is 13.2 Å². The second kappa shape index (κ2) is 8.91. The van der Waals surface area contributed by atoms with E-state index in [0.29, 0.717) is 19.7 Å². The molecule has 1 aromatic carbocycles. The topological polar surface area (TPSA) is 50.4 Å². The van der Waals surface area contributed by atoms with E-state index in [1.165, 1.54) is 0 Å². The summed E-state index contributed by atoms with van der Waals surface area (Å²) in [5.74, 6) is -0.00225. The smallest absolute Gasteiger partial charge is 0.234 e. The van der Waals surface area contributed by atoms with Crippen LogP contribution in [0.4, 0.5) is 0 Å². The van der Waals surface area contributed by atoms with Gasteiger partial charge in [-0.1, -0.05) is 23.7 Å². The number of ether oxygens (including phenoxy) is 1. The van der Waals surface area contributed by atoms with Crippen LogP contribution in [-0.4, -0.2) is 38.8 Å². The number of carbonyl (C=O) groups excluding carboxylic acids is 1. The van der Waals surface area contributed by atoms with E-state index in [1.807, 2.05) is 31.2 Å². The molecule has 1 amide bonds. The van der Waals surface area contributed by atoms with Crippen molar-refractivity contribution < 1.29 is 9.53 Å². The standard InChI is InChI=1S/C14H21ClN2O2/c1-11(9-12-3-5-13(15)6-4-12)17-14(18)10-16-7-8-19-2/h3-6,11,16H,7-10H2,1-2H3,(H,17,18). The number of methoxy groups -OCH3 is 1. The molecule has 1 atom stereocenters. The molecular formula is C14H21ClN2O2. The number of rotatable bonds is 8. The summed E-state index contributed by atoms with van der Waals surface area (Å²) in [6.45, 7) is 3.58. The zero-order chi connectivity index (χ0) is 14.1. The molecule has 0 fully saturated rings. The second-order valence-corrected chi connectivity index (χ2v) is 4.91. The van der Waals surface area contributed by atoms with E-state index in [2.05, 4.69) is 10.6 Å². The first-order valence-electron chi connectivity index (χ1n) is 6.35. The summed E-state index contributed by atoms with van der Waals surface area (Å²) >= 11 is 5.83. The third-order valence-corrected chi connectivity index (χ3v) is 2.88. The fourth-order valence-electron chi connectivity index (χ4n) is 1.73. The zero-order valence-corrected chi connectivity index (χ0v) is 12.2. The molecule has 1 rings (SSSR count). The van der Waals surface area contributed by atoms with E-state index >= 15 is 0 Å². The number of hydrogen-bond acceptors (Lipinski definition) is 3. The number of nitrogens with one attached hydrogen (secondary N) is 2. The Morgan fingerprint density at radius 2 is 2.05 bits per heavy atom. The fraction of sp³-hybridized carbons (Fsp3) is 0.500. The number of amides is 1. The highest BCUT2D eigenvalue weighted by Crippen LogP contribution is 2.10. The average Bonchev–Trinajstić information content (AvgIpc) is 2.37. The van der Waals surface area contributed by atoms with E-state index in [-0.39, 0.29) is 11.9 Å². The van der Waals surface area contributed by atoms with Crippen molar-refractivity contribution in [3.8, 4) is 0 Å². The summed E-state index contributed by atoms with van der Waals surface area (Å²) in [5, 5.41) is 6.68. The minimum Gasteiger partial charge on any atom is -0.383 e. The van der Waals surface area contributed by atoms with E-state index < -0.39 is 0 Å². The van der Waals surface area contributed by atoms with Crippen LogP contribution in [0.25, 0.3) is 0 Å². The van der Waals surface area contributed by atoms with Gasteiger partial charge in [-0.25, -0.2) is 0 Å². The van der Waals surface area contributed by atoms with Crippen LogP contribution >= 0.6 is 11.6 Å². The molecule has 0 aliphatic rings. The largest absolute Gasteiger partial charge is 0.383 e. The molecule has 2 N–H and O–H groups in total. The van der Waals surface area contributed by atoms with Crippen LogP contribution in [0.1, 0.15) is 12.5 Å². The van der Waals surface area contributed by atoms with Gasteiger partial charge in [0.25, 0.3) is 0 Å². The third kappa shape index (κ3) is 7.15. The molecule has 1 aromatic rings. The van der Waals surface area contributed by atoms with Gasteiger partial charge in [0.1, 0.15) is 0 Å². The molecule has 0 aromatic heterocycles. The molecule has 4 nitrogen and oxygen atoms in total. The van der Waals surface area contributed by atoms with Crippen molar-refractivity contribution in [1.29, 1.82) is 0 Å². The Bertz CT molecular complexity index is 382. The Balaban J connectivity index is 2.24. The Morgan fingerprint density at radius 1 is 1.37 bits per heavy atom. The monoisotopic (exact) mass is 284 g/mol. The van der Waals surface area contributed by atoms with Gasteiger partial charge in [-0.3, -0.25) is 4.79 Å². The van der Waals surface area contributed by atoms with Gasteiger partial charge in [-0.15, -0.1) is 0 Å². The summed E-state index contributed by atoms with van der Waals surface area (Å²) in [4.78, 5) is 11.6. The molecule has 0 bridgehead atoms. The predicted octanol–water partition coefficient (Wildman–Crippen LogP) is 1.62. The Hall–Kier alpha value is -1.10. The minimum absolute atomic E-state index is 0.00225. The lowest BCUT2D eigenvalue weighted by molar-refractivity contribution is -0.120. The lowest BCUT2D eigenvalue weighted by Crippen LogP contribution is -2.40. The quantitative estimate of drug-likeness (QED) is 0.714. The molecule has 0 aliphatic carbocycles. The van der Waals surface area contributed by atoms with Crippen molar-refractivity contribution in [1.82, 2.24) is 10.6 Å². The normalized spacial score (nSPS) is 12.2. The Morgan fingerprint density at radius 3 is 2.68 bits per heavy atom. The van der Waals surface area contributed by atoms with E-state index in [1.54, 1.807) is 7.11 Å². The predicted molar refractivity (Wildman–Crippen MR) is 77.5 cm³/mol. The molecule has 19 heavy (non-hydrogen) atoms. The molecule has 0 saturated carbocycles. The zero-order valence-electron chi connectivity index (χ0n) is 11.4. The average molecular weight is 285 g/mol. The van der Waals surface area contributed by atoms with Gasteiger partial charge in [0.2, 0.25) is 5.91 Å². The summed E-state index contributed by atoms with van der Waals surface area (Å²) in [6.07, 6.45) is 0.793. The minimum atomic E-state index is -0.00225. The maximum absolute atomic E-state index is 11.6. The van der Waals surface area contributed by atoms with Crippen molar-refractivity contribution in [3.63, 3.8) is 0 Å². The van der Waals surface area contributed by atoms with Gasteiger partial charge in [0.15, 0.2) is 0 Å². The molecule has 0 heterocycles. The first-order chi connectivity index (χ1) is 9.11. The molecule has 0 radical (unpaired) electrons. The molecule has 0 saturated heterocycles. The van der Waals surface area contributed by atoms with Crippen LogP contribution in [0.2, 0.25) is 5.02 Å². The van der Waals surface area contributed by atoms with Gasteiger partial charge < -0.3 is 15.4 Å². The maximum atomic E-state index is 11.6. The molecule has 0 spiro atoms. The first-order valence-corrected chi connectivity index (χ1v) is 6.73. The number of halogens is 1. The lowest BCUT2D eigenvalue weighted by atomic mass is 10.1. The van der Waals surface area contributed by atoms with E-state index in [4.69, 9.17) is 16.3 Å². The van der Waals surface area contributed by atoms with E-state index in [0.717, 1.165) is 17.0 Å². The number of benzene rings is 1. The van der Waals surface area contributed by atoms with Crippen LogP contribution in [0.3, 0.4) is 0 Å². The summed E-state index contributed by atoms with van der Waals surface area (Å²) < 4.78 is 4.89. The van der Waals surface area contributed by atoms with Gasteiger partial charge >= 0.3 is 0 Å². The van der Waals surface area contributed by atoms with Gasteiger partial charge in [0, 0.05) is 24.7 Å². The lowest BCUT2D eigenvalue weighted by Gasteiger charge is -2.14. The van der Waals surface area contributed by atoms with Crippen molar-refractivity contribution >= 4 is 17.5 Å². The van der Waals surface area contributed by atoms with Crippen LogP contribution in [0.15, 0.2) is 24.3 Å². The van der Waals surface area contributed by atoms with E-state index in [9.17, 15) is 4.79 Å². The van der Waals surface area contributed by atoms with Gasteiger partial charge in [-0.05, 0) is 31.0 Å². The number of hydrogen-bond donors (Lipinski definition) is 2. The van der Waals surface area contributed by atoms with Crippen molar-refractivity contribution in [2.75, 3.05) is 26.8 Å². The summed E-state index contributed by atoms with van der Waals surface area (Å²) in [6, 6.07) is 7.76. The Labute approximate surface area is 119 Å². The van der Waals surface area contributed by atoms with Crippen molar-refractivity contribution in [2.45, 2.75) is 19.4 Å². The van der Waals surface area contributed by atoms with Crippen LogP contribution in [0.5, 0.6) is 0 Å². The molecule has 106 valence electrons.